The van der Waals surface area contributed by atoms with E-state index in [9.17, 15) is 13.5 Å². The zero-order valence-corrected chi connectivity index (χ0v) is 12.6. The highest BCUT2D eigenvalue weighted by Gasteiger charge is 2.26. The van der Waals surface area contributed by atoms with Gasteiger partial charge in [0, 0.05) is 19.1 Å². The molecule has 0 bridgehead atoms. The minimum absolute atomic E-state index is 0.0857. The van der Waals surface area contributed by atoms with Crippen LogP contribution in [-0.2, 0) is 21.4 Å². The maximum absolute atomic E-state index is 12.4. The van der Waals surface area contributed by atoms with Crippen LogP contribution in [0.1, 0.15) is 24.5 Å². The lowest BCUT2D eigenvalue weighted by Crippen LogP contribution is -2.32. The van der Waals surface area contributed by atoms with Gasteiger partial charge in [0.15, 0.2) is 0 Å². The highest BCUT2D eigenvalue weighted by molar-refractivity contribution is 7.89. The van der Waals surface area contributed by atoms with Crippen molar-refractivity contribution >= 4 is 10.0 Å². The van der Waals surface area contributed by atoms with E-state index in [1.807, 2.05) is 6.92 Å². The van der Waals surface area contributed by atoms with Gasteiger partial charge in [0.05, 0.1) is 17.6 Å². The van der Waals surface area contributed by atoms with Crippen molar-refractivity contribution in [1.82, 2.24) is 4.72 Å². The molecule has 1 aromatic carbocycles. The summed E-state index contributed by atoms with van der Waals surface area (Å²) in [5, 5.41) is 9.21. The van der Waals surface area contributed by atoms with Gasteiger partial charge in [0.25, 0.3) is 0 Å². The quantitative estimate of drug-likeness (QED) is 0.856. The predicted octanol–water partition coefficient (Wildman–Crippen LogP) is 1.19. The van der Waals surface area contributed by atoms with Gasteiger partial charge in [-0.25, -0.2) is 13.1 Å². The summed E-state index contributed by atoms with van der Waals surface area (Å²) in [5.74, 6) is 0.214. The van der Waals surface area contributed by atoms with E-state index in [0.29, 0.717) is 24.3 Å². The first-order chi connectivity index (χ1) is 9.45. The molecule has 0 amide bonds. The standard InChI is InChI=1S/C14H21NO4S/c1-10-13(9-16)4-3-5-14(10)20(17,18)15-8-12-6-7-19-11(12)2/h3-5,11-12,15-16H,6-9H2,1-2H3. The fourth-order valence-corrected chi connectivity index (χ4v) is 3.84. The van der Waals surface area contributed by atoms with Gasteiger partial charge in [0.1, 0.15) is 0 Å². The summed E-state index contributed by atoms with van der Waals surface area (Å²) in [6.07, 6.45) is 0.960. The third-order valence-corrected chi connectivity index (χ3v) is 5.49. The number of rotatable bonds is 5. The molecule has 2 N–H and O–H groups in total. The van der Waals surface area contributed by atoms with Crippen LogP contribution in [0.3, 0.4) is 0 Å². The molecule has 5 nitrogen and oxygen atoms in total. The van der Waals surface area contributed by atoms with Crippen molar-refractivity contribution < 1.29 is 18.3 Å². The van der Waals surface area contributed by atoms with Crippen molar-refractivity contribution in [3.8, 4) is 0 Å². The van der Waals surface area contributed by atoms with Crippen LogP contribution in [0.2, 0.25) is 0 Å². The monoisotopic (exact) mass is 299 g/mol. The number of sulfonamides is 1. The van der Waals surface area contributed by atoms with E-state index in [-0.39, 0.29) is 23.5 Å². The Hall–Kier alpha value is -0.950. The molecule has 1 aliphatic heterocycles. The van der Waals surface area contributed by atoms with Crippen molar-refractivity contribution in [2.45, 2.75) is 37.9 Å². The fourth-order valence-electron chi connectivity index (χ4n) is 2.46. The molecule has 6 heteroatoms. The van der Waals surface area contributed by atoms with Crippen LogP contribution in [0.15, 0.2) is 23.1 Å². The first-order valence-electron chi connectivity index (χ1n) is 6.76. The molecule has 1 fully saturated rings. The largest absolute Gasteiger partial charge is 0.392 e. The smallest absolute Gasteiger partial charge is 0.240 e. The van der Waals surface area contributed by atoms with E-state index in [1.165, 1.54) is 0 Å². The Kier molecular flexibility index (Phi) is 4.80. The summed E-state index contributed by atoms with van der Waals surface area (Å²) in [6, 6.07) is 4.93. The van der Waals surface area contributed by atoms with Crippen LogP contribution in [0, 0.1) is 12.8 Å². The van der Waals surface area contributed by atoms with Crippen LogP contribution in [-0.4, -0.2) is 32.8 Å². The summed E-state index contributed by atoms with van der Waals surface area (Å²) < 4.78 is 32.8. The van der Waals surface area contributed by atoms with Gasteiger partial charge >= 0.3 is 0 Å². The first-order valence-corrected chi connectivity index (χ1v) is 8.24. The third kappa shape index (κ3) is 3.20. The molecule has 0 radical (unpaired) electrons. The summed E-state index contributed by atoms with van der Waals surface area (Å²) in [5.41, 5.74) is 1.23. The summed E-state index contributed by atoms with van der Waals surface area (Å²) in [7, 11) is -3.55. The number of hydrogen-bond donors (Lipinski definition) is 2. The zero-order valence-electron chi connectivity index (χ0n) is 11.8. The van der Waals surface area contributed by atoms with Gasteiger partial charge in [-0.05, 0) is 37.5 Å². The summed E-state index contributed by atoms with van der Waals surface area (Å²) >= 11 is 0. The maximum atomic E-state index is 12.4. The van der Waals surface area contributed by atoms with E-state index >= 15 is 0 Å². The highest BCUT2D eigenvalue weighted by atomic mass is 32.2. The second-order valence-electron chi connectivity index (χ2n) is 5.17. The van der Waals surface area contributed by atoms with Crippen molar-refractivity contribution in [2.24, 2.45) is 5.92 Å². The Labute approximate surface area is 120 Å². The molecular formula is C14H21NO4S. The lowest BCUT2D eigenvalue weighted by atomic mass is 10.0. The van der Waals surface area contributed by atoms with Gasteiger partial charge in [-0.3, -0.25) is 0 Å². The van der Waals surface area contributed by atoms with E-state index in [2.05, 4.69) is 4.72 Å². The van der Waals surface area contributed by atoms with Crippen LogP contribution in [0.5, 0.6) is 0 Å². The number of nitrogens with one attached hydrogen (secondary N) is 1. The Balaban J connectivity index is 2.14. The highest BCUT2D eigenvalue weighted by Crippen LogP contribution is 2.22. The van der Waals surface area contributed by atoms with Gasteiger partial charge in [-0.15, -0.1) is 0 Å². The lowest BCUT2D eigenvalue weighted by Gasteiger charge is -2.16. The average molecular weight is 299 g/mol. The van der Waals surface area contributed by atoms with Gasteiger partial charge < -0.3 is 9.84 Å². The topological polar surface area (TPSA) is 75.6 Å². The molecule has 20 heavy (non-hydrogen) atoms. The lowest BCUT2D eigenvalue weighted by molar-refractivity contribution is 0.107. The summed E-state index contributed by atoms with van der Waals surface area (Å²) in [6.45, 7) is 4.58. The van der Waals surface area contributed by atoms with Crippen LogP contribution in [0.4, 0.5) is 0 Å². The Morgan fingerprint density at radius 1 is 1.45 bits per heavy atom. The first kappa shape index (κ1) is 15.4. The van der Waals surface area contributed by atoms with E-state index in [0.717, 1.165) is 6.42 Å². The Bertz CT molecular complexity index is 571. The molecule has 0 aromatic heterocycles. The van der Waals surface area contributed by atoms with Crippen LogP contribution in [0.25, 0.3) is 0 Å². The fraction of sp³-hybridized carbons (Fsp3) is 0.571. The Morgan fingerprint density at radius 3 is 2.80 bits per heavy atom. The number of aliphatic hydroxyl groups is 1. The van der Waals surface area contributed by atoms with Crippen LogP contribution >= 0.6 is 0 Å². The molecule has 1 aliphatic rings. The summed E-state index contributed by atoms with van der Waals surface area (Å²) in [4.78, 5) is 0.232. The van der Waals surface area contributed by atoms with Crippen molar-refractivity contribution in [3.05, 3.63) is 29.3 Å². The second kappa shape index (κ2) is 6.22. The second-order valence-corrected chi connectivity index (χ2v) is 6.91. The minimum Gasteiger partial charge on any atom is -0.392 e. The zero-order chi connectivity index (χ0) is 14.8. The maximum Gasteiger partial charge on any atom is 0.240 e. The number of aliphatic hydroxyl groups excluding tert-OH is 1. The minimum atomic E-state index is -3.55. The normalized spacial score (nSPS) is 23.1. The van der Waals surface area contributed by atoms with Gasteiger partial charge in [-0.1, -0.05) is 12.1 Å². The number of ether oxygens (including phenoxy) is 1. The molecule has 2 atom stereocenters. The van der Waals surface area contributed by atoms with Crippen molar-refractivity contribution in [3.63, 3.8) is 0 Å². The molecule has 0 spiro atoms. The molecular weight excluding hydrogens is 278 g/mol. The molecule has 112 valence electrons. The molecule has 0 saturated carbocycles. The van der Waals surface area contributed by atoms with Gasteiger partial charge in [0.2, 0.25) is 10.0 Å². The molecule has 1 heterocycles. The average Bonchev–Trinajstić information content (AvgIpc) is 2.82. The van der Waals surface area contributed by atoms with Crippen molar-refractivity contribution in [1.29, 1.82) is 0 Å². The van der Waals surface area contributed by atoms with Gasteiger partial charge in [-0.2, -0.15) is 0 Å². The molecule has 0 aliphatic carbocycles. The third-order valence-electron chi connectivity index (χ3n) is 3.92. The van der Waals surface area contributed by atoms with Crippen LogP contribution < -0.4 is 4.72 Å². The predicted molar refractivity (Wildman–Crippen MR) is 75.8 cm³/mol. The van der Waals surface area contributed by atoms with E-state index in [4.69, 9.17) is 4.74 Å². The Morgan fingerprint density at radius 2 is 2.20 bits per heavy atom. The molecule has 1 saturated heterocycles. The molecule has 2 unspecified atom stereocenters. The molecule has 2 rings (SSSR count). The molecule has 1 aromatic rings. The van der Waals surface area contributed by atoms with Crippen molar-refractivity contribution in [2.75, 3.05) is 13.2 Å². The SMILES string of the molecule is Cc1c(CO)cccc1S(=O)(=O)NCC1CCOC1C. The number of hydrogen-bond acceptors (Lipinski definition) is 4. The van der Waals surface area contributed by atoms with E-state index in [1.54, 1.807) is 25.1 Å². The number of benzene rings is 1. The van der Waals surface area contributed by atoms with E-state index < -0.39 is 10.0 Å².